The molecule has 1 aromatic carbocycles. The molecule has 1 aromatic rings. The number of nitrogens with one attached hydrogen (secondary N) is 1. The minimum Gasteiger partial charge on any atom is -0.493 e. The van der Waals surface area contributed by atoms with Crippen LogP contribution in [0.4, 0.5) is 0 Å². The van der Waals surface area contributed by atoms with E-state index in [0.717, 1.165) is 18.4 Å². The van der Waals surface area contributed by atoms with Crippen molar-refractivity contribution in [3.05, 3.63) is 23.8 Å². The molecule has 0 unspecified atom stereocenters. The third-order valence-corrected chi connectivity index (χ3v) is 6.18. The molecule has 7 nitrogen and oxygen atoms in total. The topological polar surface area (TPSA) is 71.1 Å². The van der Waals surface area contributed by atoms with Crippen molar-refractivity contribution in [2.75, 3.05) is 34.4 Å². The fraction of sp³-hybridized carbons (Fsp3) is 0.636. The van der Waals surface area contributed by atoms with E-state index in [1.807, 2.05) is 30.1 Å². The van der Waals surface area contributed by atoms with Crippen LogP contribution in [0.2, 0.25) is 0 Å². The van der Waals surface area contributed by atoms with Crippen molar-refractivity contribution in [3.63, 3.8) is 0 Å². The van der Waals surface area contributed by atoms with E-state index in [4.69, 9.17) is 9.47 Å². The molecular weight excluding hydrogens is 370 g/mol. The van der Waals surface area contributed by atoms with Gasteiger partial charge in [0.2, 0.25) is 11.8 Å². The minimum atomic E-state index is -0.474. The maximum absolute atomic E-state index is 13.0. The molecule has 1 aliphatic carbocycles. The average molecular weight is 404 g/mol. The van der Waals surface area contributed by atoms with Crippen LogP contribution in [-0.2, 0) is 16.1 Å². The fourth-order valence-electron chi connectivity index (χ4n) is 4.45. The maximum atomic E-state index is 13.0. The summed E-state index contributed by atoms with van der Waals surface area (Å²) < 4.78 is 10.9. The van der Waals surface area contributed by atoms with E-state index in [1.54, 1.807) is 14.2 Å². The minimum absolute atomic E-state index is 0.0431. The first-order valence-corrected chi connectivity index (χ1v) is 10.5. The van der Waals surface area contributed by atoms with E-state index in [1.165, 1.54) is 19.3 Å². The molecule has 160 valence electrons. The SMILES string of the molecule is COc1cccc(CN2CCNC(=O)[C@@H]2CC(=O)N(C)C2CCCCC2)c1OC. The van der Waals surface area contributed by atoms with E-state index in [0.29, 0.717) is 37.2 Å². The number of hydrogen-bond donors (Lipinski definition) is 1. The molecule has 2 fully saturated rings. The number of ether oxygens (including phenoxy) is 2. The first-order chi connectivity index (χ1) is 14.0. The molecule has 0 bridgehead atoms. The van der Waals surface area contributed by atoms with Gasteiger partial charge in [-0.1, -0.05) is 31.4 Å². The number of carbonyl (C=O) groups excluding carboxylic acids is 2. The Morgan fingerprint density at radius 3 is 2.66 bits per heavy atom. The normalized spacial score (nSPS) is 20.8. The Morgan fingerprint density at radius 2 is 1.97 bits per heavy atom. The van der Waals surface area contributed by atoms with Crippen molar-refractivity contribution in [2.45, 2.75) is 57.2 Å². The summed E-state index contributed by atoms with van der Waals surface area (Å²) in [6.07, 6.45) is 5.92. The second-order valence-electron chi connectivity index (χ2n) is 7.93. The highest BCUT2D eigenvalue weighted by molar-refractivity contribution is 5.88. The van der Waals surface area contributed by atoms with Crippen molar-refractivity contribution in [1.29, 1.82) is 0 Å². The number of amides is 2. The van der Waals surface area contributed by atoms with E-state index in [-0.39, 0.29) is 18.2 Å². The van der Waals surface area contributed by atoms with Crippen molar-refractivity contribution >= 4 is 11.8 Å². The molecule has 0 spiro atoms. The summed E-state index contributed by atoms with van der Waals surface area (Å²) in [5, 5.41) is 2.92. The van der Waals surface area contributed by atoms with Crippen LogP contribution >= 0.6 is 0 Å². The van der Waals surface area contributed by atoms with Gasteiger partial charge < -0.3 is 19.7 Å². The van der Waals surface area contributed by atoms with Gasteiger partial charge in [0.25, 0.3) is 0 Å². The molecule has 1 heterocycles. The van der Waals surface area contributed by atoms with Gasteiger partial charge in [-0.25, -0.2) is 0 Å². The van der Waals surface area contributed by atoms with Gasteiger partial charge in [0.05, 0.1) is 26.7 Å². The van der Waals surface area contributed by atoms with Crippen LogP contribution in [0.25, 0.3) is 0 Å². The zero-order valence-electron chi connectivity index (χ0n) is 17.8. The molecule has 3 rings (SSSR count). The molecule has 29 heavy (non-hydrogen) atoms. The Labute approximate surface area is 173 Å². The summed E-state index contributed by atoms with van der Waals surface area (Å²) in [6.45, 7) is 1.80. The fourth-order valence-corrected chi connectivity index (χ4v) is 4.45. The lowest BCUT2D eigenvalue weighted by Crippen LogP contribution is -2.56. The maximum Gasteiger partial charge on any atom is 0.237 e. The Balaban J connectivity index is 1.72. The standard InChI is InChI=1S/C22H33N3O4/c1-24(17-9-5-4-6-10-17)20(26)14-18-22(27)23-12-13-25(18)15-16-8-7-11-19(28-2)21(16)29-3/h7-8,11,17-18H,4-6,9-10,12-15H2,1-3H3,(H,23,27)/t18-/m0/s1. The molecule has 1 aliphatic heterocycles. The van der Waals surface area contributed by atoms with Crippen LogP contribution in [0.15, 0.2) is 18.2 Å². The molecule has 1 N–H and O–H groups in total. The van der Waals surface area contributed by atoms with Crippen molar-refractivity contribution in [3.8, 4) is 11.5 Å². The van der Waals surface area contributed by atoms with Gasteiger partial charge in [0.15, 0.2) is 11.5 Å². The Hall–Kier alpha value is -2.28. The van der Waals surface area contributed by atoms with Gasteiger partial charge in [-0.15, -0.1) is 0 Å². The van der Waals surface area contributed by atoms with Gasteiger partial charge >= 0.3 is 0 Å². The van der Waals surface area contributed by atoms with Crippen LogP contribution in [-0.4, -0.2) is 68.1 Å². The zero-order valence-corrected chi connectivity index (χ0v) is 17.8. The molecule has 1 saturated carbocycles. The molecule has 1 atom stereocenters. The summed E-state index contributed by atoms with van der Waals surface area (Å²) >= 11 is 0. The quantitative estimate of drug-likeness (QED) is 0.756. The second-order valence-corrected chi connectivity index (χ2v) is 7.93. The number of methoxy groups -OCH3 is 2. The Bertz CT molecular complexity index is 718. The van der Waals surface area contributed by atoms with Crippen LogP contribution in [0, 0.1) is 0 Å². The number of nitrogens with zero attached hydrogens (tertiary/aromatic N) is 2. The van der Waals surface area contributed by atoms with Crippen molar-refractivity contribution in [1.82, 2.24) is 15.1 Å². The van der Waals surface area contributed by atoms with Crippen LogP contribution < -0.4 is 14.8 Å². The Kier molecular flexibility index (Phi) is 7.36. The summed E-state index contributed by atoms with van der Waals surface area (Å²) in [5.41, 5.74) is 0.944. The smallest absolute Gasteiger partial charge is 0.237 e. The number of benzene rings is 1. The molecule has 2 aliphatic rings. The predicted molar refractivity (Wildman–Crippen MR) is 111 cm³/mol. The molecule has 0 radical (unpaired) electrons. The number of carbonyl (C=O) groups is 2. The predicted octanol–water partition coefficient (Wildman–Crippen LogP) is 2.19. The average Bonchev–Trinajstić information content (AvgIpc) is 2.75. The number of rotatable bonds is 7. The number of piperazine rings is 1. The highest BCUT2D eigenvalue weighted by Gasteiger charge is 2.34. The molecule has 7 heteroatoms. The number of hydrogen-bond acceptors (Lipinski definition) is 5. The molecule has 2 amide bonds. The first kappa shape index (κ1) is 21.4. The summed E-state index contributed by atoms with van der Waals surface area (Å²) in [7, 11) is 5.11. The van der Waals surface area contributed by atoms with Crippen LogP contribution in [0.3, 0.4) is 0 Å². The van der Waals surface area contributed by atoms with E-state index in [9.17, 15) is 9.59 Å². The second kappa shape index (κ2) is 9.96. The lowest BCUT2D eigenvalue weighted by molar-refractivity contribution is -0.140. The van der Waals surface area contributed by atoms with Crippen LogP contribution in [0.5, 0.6) is 11.5 Å². The first-order valence-electron chi connectivity index (χ1n) is 10.5. The molecule has 0 aromatic heterocycles. The highest BCUT2D eigenvalue weighted by Crippen LogP contribution is 2.32. The van der Waals surface area contributed by atoms with Crippen molar-refractivity contribution < 1.29 is 19.1 Å². The molecule has 1 saturated heterocycles. The molecular formula is C22H33N3O4. The summed E-state index contributed by atoms with van der Waals surface area (Å²) in [5.74, 6) is 1.30. The highest BCUT2D eigenvalue weighted by atomic mass is 16.5. The third kappa shape index (κ3) is 5.01. The van der Waals surface area contributed by atoms with Gasteiger partial charge in [-0.3, -0.25) is 14.5 Å². The van der Waals surface area contributed by atoms with E-state index >= 15 is 0 Å². The van der Waals surface area contributed by atoms with Crippen LogP contribution in [0.1, 0.15) is 44.1 Å². The van der Waals surface area contributed by atoms with Gasteiger partial charge in [0, 0.05) is 38.3 Å². The van der Waals surface area contributed by atoms with Crippen molar-refractivity contribution in [2.24, 2.45) is 0 Å². The van der Waals surface area contributed by atoms with E-state index < -0.39 is 6.04 Å². The van der Waals surface area contributed by atoms with Gasteiger partial charge in [-0.2, -0.15) is 0 Å². The van der Waals surface area contributed by atoms with Gasteiger partial charge in [0.1, 0.15) is 0 Å². The van der Waals surface area contributed by atoms with Gasteiger partial charge in [-0.05, 0) is 18.9 Å². The lowest BCUT2D eigenvalue weighted by atomic mass is 9.94. The number of para-hydroxylation sites is 1. The third-order valence-electron chi connectivity index (χ3n) is 6.18. The summed E-state index contributed by atoms with van der Waals surface area (Å²) in [6, 6.07) is 5.57. The Morgan fingerprint density at radius 1 is 1.21 bits per heavy atom. The lowest BCUT2D eigenvalue weighted by Gasteiger charge is -2.37. The zero-order chi connectivity index (χ0) is 20.8. The monoisotopic (exact) mass is 403 g/mol. The van der Waals surface area contributed by atoms with E-state index in [2.05, 4.69) is 10.2 Å². The summed E-state index contributed by atoms with van der Waals surface area (Å²) in [4.78, 5) is 29.5. The largest absolute Gasteiger partial charge is 0.493 e.